The van der Waals surface area contributed by atoms with Crippen LogP contribution < -0.4 is 15.0 Å². The molecule has 1 unspecified atom stereocenters. The Balaban J connectivity index is 1.71. The number of carbonyl (C=O) groups excluding carboxylic acids is 1. The molecule has 1 aliphatic rings. The van der Waals surface area contributed by atoms with Gasteiger partial charge in [0.15, 0.2) is 0 Å². The third-order valence-corrected chi connectivity index (χ3v) is 7.34. The van der Waals surface area contributed by atoms with Gasteiger partial charge in [0.05, 0.1) is 38.0 Å². The molecule has 0 aliphatic carbocycles. The number of halogens is 1. The topological polar surface area (TPSA) is 121 Å². The van der Waals surface area contributed by atoms with Crippen molar-refractivity contribution in [2.45, 2.75) is 25.3 Å². The van der Waals surface area contributed by atoms with Crippen LogP contribution in [0.4, 0.5) is 0 Å². The first kappa shape index (κ1) is 27.1. The van der Waals surface area contributed by atoms with Gasteiger partial charge in [-0.15, -0.1) is 0 Å². The molecule has 2 N–H and O–H groups in total. The number of nitrogens with one attached hydrogen (secondary N) is 1. The van der Waals surface area contributed by atoms with E-state index in [9.17, 15) is 19.5 Å². The zero-order valence-electron chi connectivity index (χ0n) is 21.8. The van der Waals surface area contributed by atoms with Crippen molar-refractivity contribution in [2.24, 2.45) is 5.10 Å². The molecule has 1 atom stereocenters. The number of hydrazone groups is 1. The molecule has 4 aromatic rings. The number of amides is 1. The molecule has 9 nitrogen and oxygen atoms in total. The van der Waals surface area contributed by atoms with Crippen LogP contribution in [0.1, 0.15) is 36.4 Å². The zero-order valence-corrected chi connectivity index (χ0v) is 23.4. The molecule has 0 saturated heterocycles. The summed E-state index contributed by atoms with van der Waals surface area (Å²) in [5.74, 6) is -0.498. The normalized spacial score (nSPS) is 14.7. The van der Waals surface area contributed by atoms with Crippen LogP contribution in [0, 0.1) is 0 Å². The van der Waals surface area contributed by atoms with Gasteiger partial charge in [-0.3, -0.25) is 14.4 Å². The molecular weight excluding hydrogens is 578 g/mol. The lowest BCUT2D eigenvalue weighted by Gasteiger charge is -2.24. The number of carboxylic acids is 1. The van der Waals surface area contributed by atoms with Crippen molar-refractivity contribution in [3.05, 3.63) is 92.7 Å². The average Bonchev–Trinajstić information content (AvgIpc) is 3.40. The fraction of sp³-hybridized carbons (Fsp3) is 0.200. The van der Waals surface area contributed by atoms with Crippen LogP contribution in [0.3, 0.4) is 0 Å². The van der Waals surface area contributed by atoms with Gasteiger partial charge in [-0.1, -0.05) is 46.3 Å². The molecule has 2 heterocycles. The van der Waals surface area contributed by atoms with Gasteiger partial charge in [0.2, 0.25) is 5.91 Å². The molecule has 0 bridgehead atoms. The first-order chi connectivity index (χ1) is 19.3. The Hall–Kier alpha value is -4.44. The van der Waals surface area contributed by atoms with Gasteiger partial charge in [-0.2, -0.15) is 5.10 Å². The van der Waals surface area contributed by atoms with Crippen molar-refractivity contribution in [1.29, 1.82) is 0 Å². The molecule has 3 aromatic carbocycles. The predicted molar refractivity (Wildman–Crippen MR) is 155 cm³/mol. The van der Waals surface area contributed by atoms with E-state index in [-0.39, 0.29) is 24.8 Å². The van der Waals surface area contributed by atoms with E-state index < -0.39 is 17.9 Å². The van der Waals surface area contributed by atoms with Crippen molar-refractivity contribution in [1.82, 2.24) is 9.99 Å². The highest BCUT2D eigenvalue weighted by Crippen LogP contribution is 2.41. The number of rotatable bonds is 8. The molecule has 204 valence electrons. The highest BCUT2D eigenvalue weighted by atomic mass is 79.9. The number of aromatic amines is 1. The first-order valence-corrected chi connectivity index (χ1v) is 13.3. The molecule has 10 heteroatoms. The number of aliphatic carboxylic acids is 1. The minimum atomic E-state index is -1.08. The highest BCUT2D eigenvalue weighted by molar-refractivity contribution is 9.10. The Morgan fingerprint density at radius 1 is 1.02 bits per heavy atom. The minimum Gasteiger partial charge on any atom is -0.497 e. The number of fused-ring (bicyclic) bond motifs is 1. The summed E-state index contributed by atoms with van der Waals surface area (Å²) >= 11 is 3.54. The summed E-state index contributed by atoms with van der Waals surface area (Å²) in [5.41, 5.74) is 3.26. The second-order valence-electron chi connectivity index (χ2n) is 9.27. The van der Waals surface area contributed by atoms with Gasteiger partial charge in [0.1, 0.15) is 11.5 Å². The molecular formula is C30H26BrN3O6. The van der Waals surface area contributed by atoms with Gasteiger partial charge in [0, 0.05) is 45.4 Å². The van der Waals surface area contributed by atoms with Gasteiger partial charge in [-0.25, -0.2) is 5.01 Å². The number of carbonyl (C=O) groups is 2. The maximum Gasteiger partial charge on any atom is 0.303 e. The molecule has 0 saturated carbocycles. The summed E-state index contributed by atoms with van der Waals surface area (Å²) in [7, 11) is 3.06. The fourth-order valence-electron chi connectivity index (χ4n) is 5.00. The number of H-pyrrole nitrogens is 1. The van der Waals surface area contributed by atoms with Gasteiger partial charge in [-0.05, 0) is 35.9 Å². The van der Waals surface area contributed by atoms with E-state index in [4.69, 9.17) is 9.47 Å². The van der Waals surface area contributed by atoms with Crippen molar-refractivity contribution < 1.29 is 24.2 Å². The van der Waals surface area contributed by atoms with Crippen molar-refractivity contribution in [3.63, 3.8) is 0 Å². The number of carboxylic acid groups (broad SMARTS) is 1. The second-order valence-corrected chi connectivity index (χ2v) is 10.2. The number of hydrogen-bond donors (Lipinski definition) is 2. The summed E-state index contributed by atoms with van der Waals surface area (Å²) in [6.45, 7) is 0. The largest absolute Gasteiger partial charge is 0.497 e. The molecule has 5 rings (SSSR count). The lowest BCUT2D eigenvalue weighted by molar-refractivity contribution is -0.141. The first-order valence-electron chi connectivity index (χ1n) is 12.5. The predicted octanol–water partition coefficient (Wildman–Crippen LogP) is 5.52. The Morgan fingerprint density at radius 3 is 2.50 bits per heavy atom. The number of benzene rings is 3. The van der Waals surface area contributed by atoms with Crippen LogP contribution in [0.5, 0.6) is 11.5 Å². The number of hydrogen-bond acceptors (Lipinski definition) is 6. The summed E-state index contributed by atoms with van der Waals surface area (Å²) in [5, 5.41) is 16.0. The third kappa shape index (κ3) is 5.22. The maximum absolute atomic E-state index is 13.7. The Bertz CT molecular complexity index is 1700. The van der Waals surface area contributed by atoms with Gasteiger partial charge >= 0.3 is 5.97 Å². The monoisotopic (exact) mass is 603 g/mol. The van der Waals surface area contributed by atoms with Crippen LogP contribution in [-0.2, 0) is 9.59 Å². The lowest BCUT2D eigenvalue weighted by atomic mass is 9.91. The fourth-order valence-corrected chi connectivity index (χ4v) is 5.36. The lowest BCUT2D eigenvalue weighted by Crippen LogP contribution is -2.27. The Kier molecular flexibility index (Phi) is 7.70. The van der Waals surface area contributed by atoms with E-state index in [2.05, 4.69) is 26.0 Å². The molecule has 40 heavy (non-hydrogen) atoms. The zero-order chi connectivity index (χ0) is 28.4. The third-order valence-electron chi connectivity index (χ3n) is 6.85. The Morgan fingerprint density at radius 2 is 1.80 bits per heavy atom. The summed E-state index contributed by atoms with van der Waals surface area (Å²) in [6, 6.07) is 19.8. The molecule has 1 aromatic heterocycles. The average molecular weight is 604 g/mol. The van der Waals surface area contributed by atoms with E-state index in [0.717, 1.165) is 15.4 Å². The van der Waals surface area contributed by atoms with Crippen molar-refractivity contribution >= 4 is 44.4 Å². The van der Waals surface area contributed by atoms with Crippen LogP contribution in [0.25, 0.3) is 22.0 Å². The molecule has 0 fully saturated rings. The summed E-state index contributed by atoms with van der Waals surface area (Å²) in [4.78, 5) is 41.2. The summed E-state index contributed by atoms with van der Waals surface area (Å²) in [6.07, 6.45) is -0.371. The van der Waals surface area contributed by atoms with E-state index in [1.54, 1.807) is 25.3 Å². The quantitative estimate of drug-likeness (QED) is 0.273. The number of nitrogens with zero attached hydrogens (tertiary/aromatic N) is 2. The standard InChI is InChI=1S/C30H26BrN3O6/c1-39-19-9-10-20(25(15-19)40-2)24-16-23(33-34(24)26(35)12-13-27(36)37)29-28(17-6-4-3-5-7-17)21-14-18(31)8-11-22(21)32-30(29)38/h3-11,14-15,24H,12-13,16H2,1-2H3,(H,32,38)(H,36,37). The van der Waals surface area contributed by atoms with Crippen molar-refractivity contribution in [3.8, 4) is 22.6 Å². The SMILES string of the molecule is COc1ccc(C2CC(c3c(-c4ccccc4)c4cc(Br)ccc4[nH]c3=O)=NN2C(=O)CCC(=O)O)c(OC)c1. The maximum atomic E-state index is 13.7. The van der Waals surface area contributed by atoms with E-state index >= 15 is 0 Å². The highest BCUT2D eigenvalue weighted by Gasteiger charge is 2.37. The smallest absolute Gasteiger partial charge is 0.303 e. The van der Waals surface area contributed by atoms with Gasteiger partial charge in [0.25, 0.3) is 5.56 Å². The van der Waals surface area contributed by atoms with Crippen LogP contribution in [0.15, 0.2) is 81.1 Å². The Labute approximate surface area is 238 Å². The summed E-state index contributed by atoms with van der Waals surface area (Å²) < 4.78 is 11.8. The molecule has 1 aliphatic heterocycles. The molecule has 0 radical (unpaired) electrons. The number of aromatic nitrogens is 1. The van der Waals surface area contributed by atoms with Crippen LogP contribution in [-0.4, -0.2) is 46.9 Å². The van der Waals surface area contributed by atoms with Crippen LogP contribution in [0.2, 0.25) is 0 Å². The number of ether oxygens (including phenoxy) is 2. The number of methoxy groups -OCH3 is 2. The second kappa shape index (κ2) is 11.4. The van der Waals surface area contributed by atoms with E-state index in [0.29, 0.717) is 39.4 Å². The van der Waals surface area contributed by atoms with E-state index in [1.165, 1.54) is 12.1 Å². The number of pyridine rings is 1. The minimum absolute atomic E-state index is 0.212. The van der Waals surface area contributed by atoms with E-state index in [1.807, 2.05) is 48.5 Å². The molecule has 1 amide bonds. The van der Waals surface area contributed by atoms with Crippen molar-refractivity contribution in [2.75, 3.05) is 14.2 Å². The van der Waals surface area contributed by atoms with Gasteiger partial charge < -0.3 is 19.6 Å². The van der Waals surface area contributed by atoms with Crippen LogP contribution >= 0.6 is 15.9 Å². The molecule has 0 spiro atoms.